The zero-order chi connectivity index (χ0) is 15.4. The summed E-state index contributed by atoms with van der Waals surface area (Å²) in [5.41, 5.74) is 3.55. The van der Waals surface area contributed by atoms with Crippen LogP contribution in [-0.4, -0.2) is 10.8 Å². The van der Waals surface area contributed by atoms with Crippen molar-refractivity contribution < 1.29 is 4.79 Å². The molecule has 3 rings (SSSR count). The van der Waals surface area contributed by atoms with Crippen LogP contribution in [-0.2, 0) is 0 Å². The van der Waals surface area contributed by atoms with Crippen molar-refractivity contribution in [2.45, 2.75) is 12.8 Å². The van der Waals surface area contributed by atoms with Gasteiger partial charge in [-0.05, 0) is 30.7 Å². The normalized spacial score (nSPS) is 11.9. The number of ketones is 1. The highest BCUT2D eigenvalue weighted by molar-refractivity contribution is 6.02. The van der Waals surface area contributed by atoms with Crippen molar-refractivity contribution in [2.75, 3.05) is 0 Å². The van der Waals surface area contributed by atoms with E-state index < -0.39 is 0 Å². The molecule has 0 amide bonds. The number of rotatable bonds is 4. The largest absolute Gasteiger partial charge is 0.293 e. The maximum absolute atomic E-state index is 13.1. The molecular formula is C20H17NO. The SMILES string of the molecule is Cc1cccc(C(=O)[C@@H](c2ccccc2)c2ccccn2)c1. The number of carbonyl (C=O) groups is 1. The molecule has 22 heavy (non-hydrogen) atoms. The van der Waals surface area contributed by atoms with Gasteiger partial charge in [0.1, 0.15) is 0 Å². The lowest BCUT2D eigenvalue weighted by molar-refractivity contribution is 0.0972. The molecule has 108 valence electrons. The Hall–Kier alpha value is -2.74. The van der Waals surface area contributed by atoms with Gasteiger partial charge >= 0.3 is 0 Å². The Morgan fingerprint density at radius 2 is 1.68 bits per heavy atom. The third-order valence-corrected chi connectivity index (χ3v) is 3.68. The molecule has 0 aliphatic heterocycles. The Bertz CT molecular complexity index is 726. The van der Waals surface area contributed by atoms with Crippen molar-refractivity contribution in [1.82, 2.24) is 4.98 Å². The second-order valence-electron chi connectivity index (χ2n) is 5.33. The summed E-state index contributed by atoms with van der Waals surface area (Å²) in [5.74, 6) is -0.294. The molecule has 0 saturated carbocycles. The summed E-state index contributed by atoms with van der Waals surface area (Å²) >= 11 is 0. The van der Waals surface area contributed by atoms with Crippen LogP contribution in [0.3, 0.4) is 0 Å². The van der Waals surface area contributed by atoms with Crippen molar-refractivity contribution in [1.29, 1.82) is 0 Å². The highest BCUT2D eigenvalue weighted by atomic mass is 16.1. The molecule has 1 heterocycles. The minimum Gasteiger partial charge on any atom is -0.293 e. The number of nitrogens with zero attached hydrogens (tertiary/aromatic N) is 1. The van der Waals surface area contributed by atoms with Crippen LogP contribution >= 0.6 is 0 Å². The number of aryl methyl sites for hydroxylation is 1. The lowest BCUT2D eigenvalue weighted by atomic mass is 9.87. The average Bonchev–Trinajstić information content (AvgIpc) is 2.57. The summed E-state index contributed by atoms with van der Waals surface area (Å²) in [6.45, 7) is 2.00. The second kappa shape index (κ2) is 6.35. The summed E-state index contributed by atoms with van der Waals surface area (Å²) in [4.78, 5) is 17.5. The van der Waals surface area contributed by atoms with Crippen molar-refractivity contribution in [2.24, 2.45) is 0 Å². The van der Waals surface area contributed by atoms with Crippen LogP contribution in [0.5, 0.6) is 0 Å². The predicted octanol–water partition coefficient (Wildman–Crippen LogP) is 4.40. The highest BCUT2D eigenvalue weighted by Crippen LogP contribution is 2.27. The van der Waals surface area contributed by atoms with Crippen LogP contribution in [0.2, 0.25) is 0 Å². The Morgan fingerprint density at radius 3 is 2.36 bits per heavy atom. The van der Waals surface area contributed by atoms with E-state index in [4.69, 9.17) is 0 Å². The van der Waals surface area contributed by atoms with E-state index in [1.54, 1.807) is 6.20 Å². The maximum Gasteiger partial charge on any atom is 0.176 e. The van der Waals surface area contributed by atoms with Crippen molar-refractivity contribution >= 4 is 5.78 Å². The first-order valence-corrected chi connectivity index (χ1v) is 7.32. The summed E-state index contributed by atoms with van der Waals surface area (Å²) < 4.78 is 0. The summed E-state index contributed by atoms with van der Waals surface area (Å²) in [6, 6.07) is 23.2. The van der Waals surface area contributed by atoms with E-state index >= 15 is 0 Å². The molecule has 0 bridgehead atoms. The van der Waals surface area contributed by atoms with Gasteiger partial charge in [-0.15, -0.1) is 0 Å². The van der Waals surface area contributed by atoms with Crippen LogP contribution in [0.1, 0.15) is 33.1 Å². The van der Waals surface area contributed by atoms with Gasteiger partial charge in [0.2, 0.25) is 0 Å². The Kier molecular flexibility index (Phi) is 4.10. The number of hydrogen-bond donors (Lipinski definition) is 0. The van der Waals surface area contributed by atoms with Gasteiger partial charge in [-0.25, -0.2) is 0 Å². The van der Waals surface area contributed by atoms with Crippen molar-refractivity contribution in [3.05, 3.63) is 101 Å². The number of hydrogen-bond acceptors (Lipinski definition) is 2. The molecule has 0 radical (unpaired) electrons. The number of Topliss-reactive ketones (excluding diaryl/α,β-unsaturated/α-hetero) is 1. The van der Waals surface area contributed by atoms with Gasteiger partial charge in [0.25, 0.3) is 0 Å². The third kappa shape index (κ3) is 2.96. The number of aromatic nitrogens is 1. The van der Waals surface area contributed by atoms with E-state index in [9.17, 15) is 4.79 Å². The first-order valence-electron chi connectivity index (χ1n) is 7.32. The first-order chi connectivity index (χ1) is 10.8. The van der Waals surface area contributed by atoms with Gasteiger partial charge in [-0.2, -0.15) is 0 Å². The fraction of sp³-hybridized carbons (Fsp3) is 0.100. The molecular weight excluding hydrogens is 270 g/mol. The van der Waals surface area contributed by atoms with E-state index in [1.165, 1.54) is 0 Å². The third-order valence-electron chi connectivity index (χ3n) is 3.68. The van der Waals surface area contributed by atoms with Crippen molar-refractivity contribution in [3.8, 4) is 0 Å². The van der Waals surface area contributed by atoms with Gasteiger partial charge in [0.15, 0.2) is 5.78 Å². The van der Waals surface area contributed by atoms with E-state index in [1.807, 2.05) is 79.7 Å². The van der Waals surface area contributed by atoms with Crippen LogP contribution in [0, 0.1) is 6.92 Å². The molecule has 3 aromatic rings. The predicted molar refractivity (Wildman–Crippen MR) is 88.0 cm³/mol. The number of benzene rings is 2. The lowest BCUT2D eigenvalue weighted by Crippen LogP contribution is -2.15. The topological polar surface area (TPSA) is 30.0 Å². The first kappa shape index (κ1) is 14.2. The summed E-state index contributed by atoms with van der Waals surface area (Å²) in [5, 5.41) is 0. The van der Waals surface area contributed by atoms with E-state index in [-0.39, 0.29) is 11.7 Å². The minimum atomic E-state index is -0.371. The zero-order valence-electron chi connectivity index (χ0n) is 12.4. The molecule has 2 aromatic carbocycles. The van der Waals surface area contributed by atoms with Gasteiger partial charge < -0.3 is 0 Å². The van der Waals surface area contributed by atoms with E-state index in [2.05, 4.69) is 4.98 Å². The fourth-order valence-corrected chi connectivity index (χ4v) is 2.61. The van der Waals surface area contributed by atoms with Crippen LogP contribution in [0.15, 0.2) is 79.0 Å². The quantitative estimate of drug-likeness (QED) is 0.665. The Balaban J connectivity index is 2.08. The molecule has 1 atom stereocenters. The highest BCUT2D eigenvalue weighted by Gasteiger charge is 2.24. The standard InChI is InChI=1S/C20H17NO/c1-15-8-7-11-17(14-15)20(22)19(16-9-3-2-4-10-16)18-12-5-6-13-21-18/h2-14,19H,1H3/t19-/m0/s1. The smallest absolute Gasteiger partial charge is 0.176 e. The molecule has 0 N–H and O–H groups in total. The molecule has 0 unspecified atom stereocenters. The number of pyridine rings is 1. The monoisotopic (exact) mass is 287 g/mol. The number of carbonyl (C=O) groups excluding carboxylic acids is 1. The molecule has 1 aromatic heterocycles. The Labute approximate surface area is 130 Å². The van der Waals surface area contributed by atoms with Crippen LogP contribution in [0.4, 0.5) is 0 Å². The van der Waals surface area contributed by atoms with Gasteiger partial charge in [0, 0.05) is 11.8 Å². The molecule has 0 fully saturated rings. The summed E-state index contributed by atoms with van der Waals surface area (Å²) in [7, 11) is 0. The molecule has 0 aliphatic carbocycles. The molecule has 0 saturated heterocycles. The molecule has 0 spiro atoms. The fourth-order valence-electron chi connectivity index (χ4n) is 2.61. The van der Waals surface area contributed by atoms with Crippen LogP contribution in [0.25, 0.3) is 0 Å². The van der Waals surface area contributed by atoms with Crippen molar-refractivity contribution in [3.63, 3.8) is 0 Å². The van der Waals surface area contributed by atoms with Gasteiger partial charge in [-0.3, -0.25) is 9.78 Å². The average molecular weight is 287 g/mol. The lowest BCUT2D eigenvalue weighted by Gasteiger charge is -2.16. The molecule has 2 nitrogen and oxygen atoms in total. The van der Waals surface area contributed by atoms with E-state index in [0.29, 0.717) is 0 Å². The molecule has 2 heteroatoms. The maximum atomic E-state index is 13.1. The zero-order valence-corrected chi connectivity index (χ0v) is 12.4. The second-order valence-corrected chi connectivity index (χ2v) is 5.33. The van der Waals surface area contributed by atoms with Gasteiger partial charge in [0.05, 0.1) is 11.6 Å². The van der Waals surface area contributed by atoms with Gasteiger partial charge in [-0.1, -0.05) is 60.2 Å². The summed E-state index contributed by atoms with van der Waals surface area (Å²) in [6.07, 6.45) is 1.73. The molecule has 0 aliphatic rings. The van der Waals surface area contributed by atoms with Crippen LogP contribution < -0.4 is 0 Å². The Morgan fingerprint density at radius 1 is 0.909 bits per heavy atom. The minimum absolute atomic E-state index is 0.0774. The van der Waals surface area contributed by atoms with E-state index in [0.717, 1.165) is 22.4 Å².